The quantitative estimate of drug-likeness (QED) is 0.632. The van der Waals surface area contributed by atoms with Crippen LogP contribution in [0.3, 0.4) is 0 Å². The van der Waals surface area contributed by atoms with Gasteiger partial charge in [0.05, 0.1) is 19.0 Å². The van der Waals surface area contributed by atoms with Crippen LogP contribution in [-0.2, 0) is 0 Å². The molecule has 1 aromatic carbocycles. The number of hydrogen-bond acceptors (Lipinski definition) is 6. The summed E-state index contributed by atoms with van der Waals surface area (Å²) in [6.45, 7) is 0. The third-order valence-corrected chi connectivity index (χ3v) is 3.28. The Balaban J connectivity index is 2.39. The van der Waals surface area contributed by atoms with Crippen molar-refractivity contribution in [3.63, 3.8) is 0 Å². The van der Waals surface area contributed by atoms with Gasteiger partial charge in [-0.25, -0.2) is 4.98 Å². The molecule has 2 aromatic rings. The molecule has 0 spiro atoms. The van der Waals surface area contributed by atoms with E-state index in [9.17, 15) is 0 Å². The van der Waals surface area contributed by atoms with Crippen molar-refractivity contribution >= 4 is 52.3 Å². The molecule has 0 saturated carbocycles. The van der Waals surface area contributed by atoms with Crippen LogP contribution in [0.25, 0.3) is 0 Å². The van der Waals surface area contributed by atoms with E-state index in [1.807, 2.05) is 24.5 Å². The summed E-state index contributed by atoms with van der Waals surface area (Å²) in [5, 5.41) is 3.62. The third-order valence-electron chi connectivity index (χ3n) is 2.42. The molecule has 106 valence electrons. The molecule has 5 nitrogen and oxygen atoms in total. The van der Waals surface area contributed by atoms with Gasteiger partial charge < -0.3 is 14.8 Å². The molecule has 20 heavy (non-hydrogen) atoms. The van der Waals surface area contributed by atoms with E-state index in [2.05, 4.69) is 20.0 Å². The molecule has 1 aromatic heterocycles. The molecule has 0 saturated heterocycles. The van der Waals surface area contributed by atoms with Crippen molar-refractivity contribution in [2.24, 2.45) is 0 Å². The van der Waals surface area contributed by atoms with Crippen LogP contribution in [0.1, 0.15) is 0 Å². The predicted octanol–water partition coefficient (Wildman–Crippen LogP) is 4.23. The summed E-state index contributed by atoms with van der Waals surface area (Å²) in [4.78, 5) is 7.87. The van der Waals surface area contributed by atoms with Crippen molar-refractivity contribution in [3.05, 3.63) is 34.7 Å². The smallest absolute Gasteiger partial charge is 0.224 e. The van der Waals surface area contributed by atoms with Gasteiger partial charge in [-0.15, -0.1) is 0 Å². The maximum atomic E-state index is 6.05. The van der Waals surface area contributed by atoms with Gasteiger partial charge in [0.15, 0.2) is 5.82 Å². The summed E-state index contributed by atoms with van der Waals surface area (Å²) in [6.07, 6.45) is 3.37. The zero-order chi connectivity index (χ0) is 14.5. The fraction of sp³-hybridized carbons (Fsp3) is 0.167. The first-order chi connectivity index (χ1) is 9.65. The molecule has 0 bridgehead atoms. The van der Waals surface area contributed by atoms with Gasteiger partial charge in [-0.05, 0) is 23.7 Å². The number of benzene rings is 1. The molecule has 0 radical (unpaired) electrons. The monoisotopic (exact) mass is 330 g/mol. The first-order valence-electron chi connectivity index (χ1n) is 5.56. The van der Waals surface area contributed by atoms with Crippen LogP contribution in [0.15, 0.2) is 24.4 Å². The average molecular weight is 331 g/mol. The van der Waals surface area contributed by atoms with Crippen LogP contribution < -0.4 is 14.8 Å². The molecule has 0 aliphatic rings. The van der Waals surface area contributed by atoms with Crippen LogP contribution in [0.5, 0.6) is 5.75 Å². The highest BCUT2D eigenvalue weighted by Crippen LogP contribution is 2.36. The number of methoxy groups -OCH3 is 1. The Morgan fingerprint density at radius 1 is 1.30 bits per heavy atom. The molecule has 0 unspecified atom stereocenters. The van der Waals surface area contributed by atoms with Crippen LogP contribution in [-0.4, -0.2) is 23.3 Å². The van der Waals surface area contributed by atoms with Crippen molar-refractivity contribution in [1.82, 2.24) is 9.97 Å². The average Bonchev–Trinajstić information content (AvgIpc) is 2.45. The molecule has 0 atom stereocenters. The highest BCUT2D eigenvalue weighted by Gasteiger charge is 2.11. The van der Waals surface area contributed by atoms with Gasteiger partial charge in [0.25, 0.3) is 0 Å². The lowest BCUT2D eigenvalue weighted by atomic mass is 10.2. The molecule has 0 fully saturated rings. The first-order valence-corrected chi connectivity index (χ1v) is 7.55. The van der Waals surface area contributed by atoms with Gasteiger partial charge in [-0.3, -0.25) is 0 Å². The van der Waals surface area contributed by atoms with Crippen molar-refractivity contribution in [2.45, 2.75) is 0 Å². The van der Waals surface area contributed by atoms with Gasteiger partial charge in [-0.1, -0.05) is 29.6 Å². The number of anilines is 3. The van der Waals surface area contributed by atoms with Crippen molar-refractivity contribution in [2.75, 3.05) is 23.4 Å². The Kier molecular flexibility index (Phi) is 5.17. The van der Waals surface area contributed by atoms with E-state index in [-0.39, 0.29) is 5.28 Å². The lowest BCUT2D eigenvalue weighted by molar-refractivity contribution is 0.417. The predicted molar refractivity (Wildman–Crippen MR) is 85.5 cm³/mol. The molecule has 0 aliphatic carbocycles. The minimum atomic E-state index is 0.124. The minimum absolute atomic E-state index is 0.124. The number of nitrogens with one attached hydrogen (secondary N) is 2. The highest BCUT2D eigenvalue weighted by molar-refractivity contribution is 7.99. The highest BCUT2D eigenvalue weighted by atomic mass is 35.5. The molecular weight excluding hydrogens is 319 g/mol. The van der Waals surface area contributed by atoms with E-state index in [1.165, 1.54) is 18.1 Å². The largest absolute Gasteiger partial charge is 0.494 e. The number of aromatic nitrogens is 2. The Morgan fingerprint density at radius 3 is 2.80 bits per heavy atom. The fourth-order valence-corrected chi connectivity index (χ4v) is 2.26. The maximum Gasteiger partial charge on any atom is 0.224 e. The second kappa shape index (κ2) is 6.88. The number of hydrogen-bond donors (Lipinski definition) is 2. The molecule has 2 rings (SSSR count). The summed E-state index contributed by atoms with van der Waals surface area (Å²) in [7, 11) is 1.61. The van der Waals surface area contributed by atoms with Crippen LogP contribution >= 0.6 is 35.1 Å². The molecule has 2 N–H and O–H groups in total. The van der Waals surface area contributed by atoms with E-state index in [1.54, 1.807) is 7.11 Å². The van der Waals surface area contributed by atoms with Gasteiger partial charge in [0, 0.05) is 6.26 Å². The second-order valence-electron chi connectivity index (χ2n) is 3.65. The first kappa shape index (κ1) is 15.0. The van der Waals surface area contributed by atoms with Gasteiger partial charge in [0.2, 0.25) is 5.28 Å². The molecule has 0 aliphatic heterocycles. The van der Waals surface area contributed by atoms with E-state index < -0.39 is 0 Å². The number of nitrogens with zero attached hydrogens (tertiary/aromatic N) is 2. The summed E-state index contributed by atoms with van der Waals surface area (Å²) >= 11 is 13.3. The number of halogens is 2. The summed E-state index contributed by atoms with van der Waals surface area (Å²) in [5.41, 5.74) is 1.57. The zero-order valence-electron chi connectivity index (χ0n) is 10.8. The van der Waals surface area contributed by atoms with Crippen LogP contribution in [0.4, 0.5) is 17.2 Å². The lowest BCUT2D eigenvalue weighted by Crippen LogP contribution is -2.01. The summed E-state index contributed by atoms with van der Waals surface area (Å²) < 4.78 is 8.48. The van der Waals surface area contributed by atoms with E-state index in [4.69, 9.17) is 27.9 Å². The summed E-state index contributed by atoms with van der Waals surface area (Å²) in [5.74, 6) is 1.14. The molecular formula is C12H12Cl2N4OS. The lowest BCUT2D eigenvalue weighted by Gasteiger charge is -2.15. The van der Waals surface area contributed by atoms with E-state index in [0.717, 1.165) is 11.4 Å². The van der Waals surface area contributed by atoms with Gasteiger partial charge >= 0.3 is 0 Å². The normalized spacial score (nSPS) is 10.2. The van der Waals surface area contributed by atoms with Crippen LogP contribution in [0, 0.1) is 0 Å². The Hall–Kier alpha value is -1.37. The number of para-hydroxylation sites is 1. The van der Waals surface area contributed by atoms with Crippen molar-refractivity contribution in [3.8, 4) is 5.75 Å². The topological polar surface area (TPSA) is 59.1 Å². The number of ether oxygens (including phenoxy) is 1. The number of rotatable bonds is 5. The standard InChI is InChI=1S/C12H12Cl2N4OS/c1-19-9-5-3-4-8(10(9)18-20-2)16-11-7(13)6-15-12(14)17-11/h3-6,18H,1-2H3,(H,15,16,17). The third kappa shape index (κ3) is 3.39. The van der Waals surface area contributed by atoms with Gasteiger partial charge in [0.1, 0.15) is 16.5 Å². The van der Waals surface area contributed by atoms with Crippen molar-refractivity contribution < 1.29 is 4.74 Å². The maximum absolute atomic E-state index is 6.05. The minimum Gasteiger partial charge on any atom is -0.494 e. The van der Waals surface area contributed by atoms with Crippen molar-refractivity contribution in [1.29, 1.82) is 0 Å². The second-order valence-corrected chi connectivity index (χ2v) is 5.01. The molecule has 0 amide bonds. The Morgan fingerprint density at radius 2 is 2.10 bits per heavy atom. The fourth-order valence-electron chi connectivity index (χ4n) is 1.57. The molecule has 1 heterocycles. The van der Waals surface area contributed by atoms with Crippen LogP contribution in [0.2, 0.25) is 10.3 Å². The van der Waals surface area contributed by atoms with Gasteiger partial charge in [-0.2, -0.15) is 4.98 Å². The Labute approximate surface area is 131 Å². The van der Waals surface area contributed by atoms with E-state index in [0.29, 0.717) is 16.6 Å². The van der Waals surface area contributed by atoms with E-state index >= 15 is 0 Å². The SMILES string of the molecule is COc1cccc(Nc2nc(Cl)ncc2Cl)c1NSC. The Bertz CT molecular complexity index is 612. The zero-order valence-corrected chi connectivity index (χ0v) is 13.1. The molecule has 8 heteroatoms. The summed E-state index contributed by atoms with van der Waals surface area (Å²) in [6, 6.07) is 5.61.